The molecule has 0 rings (SSSR count). The van der Waals surface area contributed by atoms with Crippen molar-refractivity contribution in [1.82, 2.24) is 5.32 Å². The van der Waals surface area contributed by atoms with Crippen LogP contribution in [-0.2, 0) is 9.59 Å². The maximum Gasteiger partial charge on any atom is 0.325 e. The number of carboxylic acids is 1. The largest absolute Gasteiger partial charge is 0.480 e. The van der Waals surface area contributed by atoms with Crippen LogP contribution in [0.4, 0.5) is 0 Å². The van der Waals surface area contributed by atoms with E-state index in [0.717, 1.165) is 0 Å². The van der Waals surface area contributed by atoms with Gasteiger partial charge in [-0.05, 0) is 6.92 Å². The van der Waals surface area contributed by atoms with Crippen molar-refractivity contribution in [3.63, 3.8) is 0 Å². The fourth-order valence-corrected chi connectivity index (χ4v) is 0.493. The number of nitrogens with one attached hydrogen (secondary N) is 1. The van der Waals surface area contributed by atoms with Crippen molar-refractivity contribution in [3.8, 4) is 0 Å². The number of aliphatic carboxylic acids is 1. The molecule has 0 saturated carbocycles. The minimum Gasteiger partial charge on any atom is -0.480 e. The molecule has 0 aliphatic carbocycles. The maximum atomic E-state index is 10.7. The van der Waals surface area contributed by atoms with Crippen molar-refractivity contribution < 1.29 is 14.7 Å². The van der Waals surface area contributed by atoms with Gasteiger partial charge in [-0.25, -0.2) is 0 Å². The molecule has 62 valence electrons. The van der Waals surface area contributed by atoms with Gasteiger partial charge in [-0.15, -0.1) is 6.58 Å². The highest BCUT2D eigenvalue weighted by atomic mass is 16.4. The number of hydrogen-bond acceptors (Lipinski definition) is 2. The third kappa shape index (κ3) is 4.13. The van der Waals surface area contributed by atoms with E-state index in [-0.39, 0.29) is 12.3 Å². The van der Waals surface area contributed by atoms with Crippen molar-refractivity contribution in [2.45, 2.75) is 19.4 Å². The molecule has 1 atom stereocenters. The standard InChI is InChI=1S/C7H11NO3/c1-3-4-6(9)8-5(2)7(10)11/h3,5H,1,4H2,2H3,(H,8,9)(H,10,11)/t5-/m0/s1. The van der Waals surface area contributed by atoms with E-state index < -0.39 is 12.0 Å². The third-order valence-corrected chi connectivity index (χ3v) is 1.08. The van der Waals surface area contributed by atoms with Gasteiger partial charge in [0, 0.05) is 6.42 Å². The summed E-state index contributed by atoms with van der Waals surface area (Å²) in [6.45, 7) is 4.75. The molecule has 0 unspecified atom stereocenters. The molecule has 0 radical (unpaired) electrons. The van der Waals surface area contributed by atoms with Crippen molar-refractivity contribution in [1.29, 1.82) is 0 Å². The summed E-state index contributed by atoms with van der Waals surface area (Å²) in [5, 5.41) is 10.6. The Labute approximate surface area is 64.9 Å². The Hall–Kier alpha value is -1.32. The summed E-state index contributed by atoms with van der Waals surface area (Å²) < 4.78 is 0. The Morgan fingerprint density at radius 3 is 2.64 bits per heavy atom. The van der Waals surface area contributed by atoms with Crippen molar-refractivity contribution in [2.24, 2.45) is 0 Å². The molecule has 0 aromatic carbocycles. The molecule has 4 nitrogen and oxygen atoms in total. The molecule has 0 saturated heterocycles. The number of rotatable bonds is 4. The van der Waals surface area contributed by atoms with Crippen LogP contribution in [0.3, 0.4) is 0 Å². The first kappa shape index (κ1) is 9.68. The summed E-state index contributed by atoms with van der Waals surface area (Å²) in [4.78, 5) is 20.9. The van der Waals surface area contributed by atoms with Gasteiger partial charge in [-0.3, -0.25) is 9.59 Å². The molecule has 2 N–H and O–H groups in total. The van der Waals surface area contributed by atoms with Gasteiger partial charge >= 0.3 is 5.97 Å². The van der Waals surface area contributed by atoms with Crippen LogP contribution in [0.1, 0.15) is 13.3 Å². The average Bonchev–Trinajstić information content (AvgIpc) is 1.87. The molecule has 1 amide bonds. The molecule has 0 aliphatic heterocycles. The Kier molecular flexibility index (Phi) is 3.95. The molecule has 11 heavy (non-hydrogen) atoms. The minimum atomic E-state index is -1.04. The zero-order chi connectivity index (χ0) is 8.85. The number of hydrogen-bond donors (Lipinski definition) is 2. The monoisotopic (exact) mass is 157 g/mol. The highest BCUT2D eigenvalue weighted by Gasteiger charge is 2.11. The maximum absolute atomic E-state index is 10.7. The van der Waals surface area contributed by atoms with Crippen LogP contribution in [0.2, 0.25) is 0 Å². The van der Waals surface area contributed by atoms with Crippen LogP contribution in [0, 0.1) is 0 Å². The molecule has 0 bridgehead atoms. The van der Waals surface area contributed by atoms with E-state index in [1.54, 1.807) is 0 Å². The normalized spacial score (nSPS) is 11.7. The van der Waals surface area contributed by atoms with E-state index in [1.807, 2.05) is 0 Å². The fourth-order valence-electron chi connectivity index (χ4n) is 0.493. The van der Waals surface area contributed by atoms with Crippen molar-refractivity contribution in [3.05, 3.63) is 12.7 Å². The lowest BCUT2D eigenvalue weighted by Gasteiger charge is -2.06. The lowest BCUT2D eigenvalue weighted by Crippen LogP contribution is -2.37. The second kappa shape index (κ2) is 4.49. The van der Waals surface area contributed by atoms with Gasteiger partial charge in [0.25, 0.3) is 0 Å². The van der Waals surface area contributed by atoms with Crippen molar-refractivity contribution in [2.75, 3.05) is 0 Å². The Morgan fingerprint density at radius 2 is 2.27 bits per heavy atom. The highest BCUT2D eigenvalue weighted by molar-refractivity contribution is 5.83. The van der Waals surface area contributed by atoms with Crippen LogP contribution >= 0.6 is 0 Å². The van der Waals surface area contributed by atoms with Crippen LogP contribution in [0.25, 0.3) is 0 Å². The lowest BCUT2D eigenvalue weighted by molar-refractivity contribution is -0.141. The van der Waals surface area contributed by atoms with E-state index >= 15 is 0 Å². The van der Waals surface area contributed by atoms with E-state index in [9.17, 15) is 9.59 Å². The van der Waals surface area contributed by atoms with Gasteiger partial charge < -0.3 is 10.4 Å². The quantitative estimate of drug-likeness (QED) is 0.571. The molecule has 0 spiro atoms. The summed E-state index contributed by atoms with van der Waals surface area (Å²) in [6.07, 6.45) is 1.57. The summed E-state index contributed by atoms with van der Waals surface area (Å²) in [7, 11) is 0. The van der Waals surface area contributed by atoms with Gasteiger partial charge in [-0.2, -0.15) is 0 Å². The number of carbonyl (C=O) groups excluding carboxylic acids is 1. The van der Waals surface area contributed by atoms with E-state index in [2.05, 4.69) is 11.9 Å². The zero-order valence-corrected chi connectivity index (χ0v) is 6.33. The smallest absolute Gasteiger partial charge is 0.325 e. The summed E-state index contributed by atoms with van der Waals surface area (Å²) in [6, 6.07) is -0.831. The number of carbonyl (C=O) groups is 2. The zero-order valence-electron chi connectivity index (χ0n) is 6.33. The summed E-state index contributed by atoms with van der Waals surface area (Å²) in [5.74, 6) is -1.36. The van der Waals surface area contributed by atoms with Gasteiger partial charge in [0.05, 0.1) is 0 Å². The van der Waals surface area contributed by atoms with Gasteiger partial charge in [-0.1, -0.05) is 6.08 Å². The highest BCUT2D eigenvalue weighted by Crippen LogP contribution is 1.84. The third-order valence-electron chi connectivity index (χ3n) is 1.08. The second-order valence-electron chi connectivity index (χ2n) is 2.12. The molecule has 0 heterocycles. The Morgan fingerprint density at radius 1 is 1.73 bits per heavy atom. The van der Waals surface area contributed by atoms with Gasteiger partial charge in [0.2, 0.25) is 5.91 Å². The van der Waals surface area contributed by atoms with Crippen LogP contribution in [-0.4, -0.2) is 23.0 Å². The minimum absolute atomic E-state index is 0.150. The number of carboxylic acid groups (broad SMARTS) is 1. The predicted molar refractivity (Wildman–Crippen MR) is 40.1 cm³/mol. The Balaban J connectivity index is 3.74. The van der Waals surface area contributed by atoms with E-state index in [0.29, 0.717) is 0 Å². The molecular formula is C7H11NO3. The SMILES string of the molecule is C=CCC(=O)N[C@@H](C)C(=O)O. The molecule has 0 fully saturated rings. The Bertz CT molecular complexity index is 177. The molecular weight excluding hydrogens is 146 g/mol. The van der Waals surface area contributed by atoms with E-state index in [4.69, 9.17) is 5.11 Å². The molecule has 0 aromatic rings. The molecule has 0 aliphatic rings. The van der Waals surface area contributed by atoms with Gasteiger partial charge in [0.15, 0.2) is 0 Å². The van der Waals surface area contributed by atoms with E-state index in [1.165, 1.54) is 13.0 Å². The van der Waals surface area contributed by atoms with Crippen LogP contribution in [0.15, 0.2) is 12.7 Å². The molecule has 4 heteroatoms. The van der Waals surface area contributed by atoms with Gasteiger partial charge in [0.1, 0.15) is 6.04 Å². The first-order valence-electron chi connectivity index (χ1n) is 3.21. The first-order chi connectivity index (χ1) is 5.07. The first-order valence-corrected chi connectivity index (χ1v) is 3.21. The second-order valence-corrected chi connectivity index (χ2v) is 2.12. The average molecular weight is 157 g/mol. The fraction of sp³-hybridized carbons (Fsp3) is 0.429. The lowest BCUT2D eigenvalue weighted by atomic mass is 10.3. The van der Waals surface area contributed by atoms with Crippen LogP contribution in [0.5, 0.6) is 0 Å². The topological polar surface area (TPSA) is 66.4 Å². The molecule has 0 aromatic heterocycles. The predicted octanol–water partition coefficient (Wildman–Crippen LogP) is 0.152. The summed E-state index contributed by atoms with van der Waals surface area (Å²) in [5.41, 5.74) is 0. The van der Waals surface area contributed by atoms with Crippen molar-refractivity contribution >= 4 is 11.9 Å². The summed E-state index contributed by atoms with van der Waals surface area (Å²) >= 11 is 0. The number of amides is 1. The van der Waals surface area contributed by atoms with Crippen LogP contribution < -0.4 is 5.32 Å².